The molecule has 2 aromatic carbocycles. The van der Waals surface area contributed by atoms with Crippen molar-refractivity contribution in [2.24, 2.45) is 0 Å². The van der Waals surface area contributed by atoms with Crippen molar-refractivity contribution in [3.8, 4) is 11.5 Å². The molecule has 3 heterocycles. The maximum Gasteiger partial charge on any atom is 0.232 e. The number of para-hydroxylation sites is 2. The van der Waals surface area contributed by atoms with Gasteiger partial charge in [-0.3, -0.25) is 9.69 Å². The van der Waals surface area contributed by atoms with Crippen LogP contribution in [0.2, 0.25) is 0 Å². The standard InChI is InChI=1S/C25H26N2O3/c28-25(26-17-20(23-13-8-16-29-23)27-14-6-1-7-15-27)24-18-9-2-4-11-21(18)30-22-12-5-3-10-19(22)24/h2-5,8-13,16,20,24H,1,6-7,14-15,17H2,(H,26,28)/t20-/m1/s1. The molecule has 2 aliphatic heterocycles. The van der Waals surface area contributed by atoms with E-state index in [0.717, 1.165) is 41.5 Å². The molecule has 0 spiro atoms. The Hall–Kier alpha value is -3.05. The number of hydrogen-bond acceptors (Lipinski definition) is 4. The third-order valence-electron chi connectivity index (χ3n) is 6.11. The van der Waals surface area contributed by atoms with Crippen molar-refractivity contribution < 1.29 is 13.9 Å². The Morgan fingerprint density at radius 2 is 1.60 bits per heavy atom. The molecule has 2 aliphatic rings. The molecule has 1 saturated heterocycles. The van der Waals surface area contributed by atoms with E-state index in [2.05, 4.69) is 10.2 Å². The monoisotopic (exact) mass is 402 g/mol. The molecule has 5 nitrogen and oxygen atoms in total. The van der Waals surface area contributed by atoms with E-state index in [0.29, 0.717) is 6.54 Å². The second-order valence-corrected chi connectivity index (χ2v) is 7.98. The van der Waals surface area contributed by atoms with Crippen molar-refractivity contribution in [3.63, 3.8) is 0 Å². The van der Waals surface area contributed by atoms with E-state index >= 15 is 0 Å². The number of carbonyl (C=O) groups excluding carboxylic acids is 1. The van der Waals surface area contributed by atoms with Crippen LogP contribution in [0.5, 0.6) is 11.5 Å². The minimum Gasteiger partial charge on any atom is -0.468 e. The Morgan fingerprint density at radius 3 is 2.23 bits per heavy atom. The molecule has 1 amide bonds. The molecule has 0 bridgehead atoms. The summed E-state index contributed by atoms with van der Waals surface area (Å²) in [6.45, 7) is 2.59. The number of carbonyl (C=O) groups is 1. The number of ether oxygens (including phenoxy) is 1. The highest BCUT2D eigenvalue weighted by Gasteiger charge is 2.33. The van der Waals surface area contributed by atoms with Crippen LogP contribution >= 0.6 is 0 Å². The number of piperidine rings is 1. The highest BCUT2D eigenvalue weighted by molar-refractivity contribution is 5.89. The summed E-state index contributed by atoms with van der Waals surface area (Å²) in [5.74, 6) is 2.01. The lowest BCUT2D eigenvalue weighted by atomic mass is 9.87. The van der Waals surface area contributed by atoms with Crippen LogP contribution in [0.4, 0.5) is 0 Å². The minimum atomic E-state index is -0.384. The van der Waals surface area contributed by atoms with Gasteiger partial charge in [-0.1, -0.05) is 42.8 Å². The van der Waals surface area contributed by atoms with E-state index in [9.17, 15) is 4.79 Å². The van der Waals surface area contributed by atoms with E-state index in [1.807, 2.05) is 60.7 Å². The largest absolute Gasteiger partial charge is 0.468 e. The molecule has 5 heteroatoms. The van der Waals surface area contributed by atoms with Gasteiger partial charge in [-0.25, -0.2) is 0 Å². The Labute approximate surface area is 176 Å². The van der Waals surface area contributed by atoms with Crippen LogP contribution in [0.25, 0.3) is 0 Å². The minimum absolute atomic E-state index is 0.00762. The second kappa shape index (κ2) is 8.36. The molecular formula is C25H26N2O3. The Bertz CT molecular complexity index is 963. The van der Waals surface area contributed by atoms with Gasteiger partial charge in [-0.05, 0) is 50.2 Å². The Morgan fingerprint density at radius 1 is 0.933 bits per heavy atom. The number of benzene rings is 2. The summed E-state index contributed by atoms with van der Waals surface area (Å²) in [4.78, 5) is 15.9. The first kappa shape index (κ1) is 18.9. The van der Waals surface area contributed by atoms with Gasteiger partial charge in [0.05, 0.1) is 18.2 Å². The van der Waals surface area contributed by atoms with Gasteiger partial charge in [0, 0.05) is 17.7 Å². The third-order valence-corrected chi connectivity index (χ3v) is 6.11. The van der Waals surface area contributed by atoms with Gasteiger partial charge in [-0.2, -0.15) is 0 Å². The van der Waals surface area contributed by atoms with Crippen molar-refractivity contribution in [2.45, 2.75) is 31.2 Å². The lowest BCUT2D eigenvalue weighted by Crippen LogP contribution is -2.42. The predicted octanol–water partition coefficient (Wildman–Crippen LogP) is 4.86. The fourth-order valence-electron chi connectivity index (χ4n) is 4.61. The lowest BCUT2D eigenvalue weighted by molar-refractivity contribution is -0.122. The van der Waals surface area contributed by atoms with Gasteiger partial charge < -0.3 is 14.5 Å². The first-order valence-electron chi connectivity index (χ1n) is 10.7. The number of rotatable bonds is 5. The molecule has 1 N–H and O–H groups in total. The van der Waals surface area contributed by atoms with E-state index in [-0.39, 0.29) is 17.9 Å². The number of fused-ring (bicyclic) bond motifs is 2. The van der Waals surface area contributed by atoms with E-state index in [1.165, 1.54) is 19.3 Å². The Kier molecular flexibility index (Phi) is 5.28. The first-order chi connectivity index (χ1) is 14.8. The van der Waals surface area contributed by atoms with Crippen LogP contribution < -0.4 is 10.1 Å². The van der Waals surface area contributed by atoms with Gasteiger partial charge in [0.2, 0.25) is 5.91 Å². The maximum atomic E-state index is 13.5. The molecule has 1 aromatic heterocycles. The number of nitrogens with zero attached hydrogens (tertiary/aromatic N) is 1. The third kappa shape index (κ3) is 3.61. The smallest absolute Gasteiger partial charge is 0.232 e. The van der Waals surface area contributed by atoms with Crippen LogP contribution in [0.3, 0.4) is 0 Å². The number of likely N-dealkylation sites (tertiary alicyclic amines) is 1. The van der Waals surface area contributed by atoms with Crippen LogP contribution in [-0.2, 0) is 4.79 Å². The fourth-order valence-corrected chi connectivity index (χ4v) is 4.61. The highest BCUT2D eigenvalue weighted by atomic mass is 16.5. The topological polar surface area (TPSA) is 54.7 Å². The zero-order chi connectivity index (χ0) is 20.3. The molecule has 3 aromatic rings. The fraction of sp³-hybridized carbons (Fsp3) is 0.320. The van der Waals surface area contributed by atoms with Gasteiger partial charge in [-0.15, -0.1) is 0 Å². The summed E-state index contributed by atoms with van der Waals surface area (Å²) in [5, 5.41) is 3.22. The van der Waals surface area contributed by atoms with Gasteiger partial charge in [0.1, 0.15) is 17.3 Å². The van der Waals surface area contributed by atoms with Crippen molar-refractivity contribution in [1.82, 2.24) is 10.2 Å². The number of nitrogens with one attached hydrogen (secondary N) is 1. The molecule has 0 unspecified atom stereocenters. The molecular weight excluding hydrogens is 376 g/mol. The molecule has 0 radical (unpaired) electrons. The van der Waals surface area contributed by atoms with E-state index in [1.54, 1.807) is 6.26 Å². The lowest BCUT2D eigenvalue weighted by Gasteiger charge is -2.34. The summed E-state index contributed by atoms with van der Waals surface area (Å²) in [7, 11) is 0. The quantitative estimate of drug-likeness (QED) is 0.662. The number of hydrogen-bond donors (Lipinski definition) is 1. The van der Waals surface area contributed by atoms with Crippen molar-refractivity contribution in [2.75, 3.05) is 19.6 Å². The average Bonchev–Trinajstić information content (AvgIpc) is 3.33. The van der Waals surface area contributed by atoms with Crippen LogP contribution in [-0.4, -0.2) is 30.4 Å². The zero-order valence-corrected chi connectivity index (χ0v) is 16.9. The van der Waals surface area contributed by atoms with Gasteiger partial charge in [0.15, 0.2) is 0 Å². The average molecular weight is 402 g/mol. The van der Waals surface area contributed by atoms with Gasteiger partial charge in [0.25, 0.3) is 0 Å². The van der Waals surface area contributed by atoms with Crippen LogP contribution in [0, 0.1) is 0 Å². The van der Waals surface area contributed by atoms with Crippen molar-refractivity contribution in [1.29, 1.82) is 0 Å². The van der Waals surface area contributed by atoms with E-state index < -0.39 is 0 Å². The number of amides is 1. The van der Waals surface area contributed by atoms with Crippen molar-refractivity contribution >= 4 is 5.91 Å². The summed E-state index contributed by atoms with van der Waals surface area (Å²) in [6.07, 6.45) is 5.35. The maximum absolute atomic E-state index is 13.5. The first-order valence-corrected chi connectivity index (χ1v) is 10.7. The normalized spacial score (nSPS) is 17.5. The van der Waals surface area contributed by atoms with Crippen LogP contribution in [0.15, 0.2) is 71.3 Å². The molecule has 30 heavy (non-hydrogen) atoms. The SMILES string of the molecule is O=C(NC[C@H](c1ccco1)N1CCCCC1)C1c2ccccc2Oc2ccccc21. The van der Waals surface area contributed by atoms with Gasteiger partial charge >= 0.3 is 0 Å². The van der Waals surface area contributed by atoms with E-state index in [4.69, 9.17) is 9.15 Å². The molecule has 1 fully saturated rings. The molecule has 5 rings (SSSR count). The summed E-state index contributed by atoms with van der Waals surface area (Å²) in [6, 6.07) is 19.5. The predicted molar refractivity (Wildman–Crippen MR) is 115 cm³/mol. The summed E-state index contributed by atoms with van der Waals surface area (Å²) < 4.78 is 11.8. The zero-order valence-electron chi connectivity index (χ0n) is 16.9. The molecule has 0 aliphatic carbocycles. The molecule has 1 atom stereocenters. The Balaban J connectivity index is 1.40. The summed E-state index contributed by atoms with van der Waals surface area (Å²) >= 11 is 0. The summed E-state index contributed by atoms with van der Waals surface area (Å²) in [5.41, 5.74) is 1.81. The van der Waals surface area contributed by atoms with Crippen LogP contribution in [0.1, 0.15) is 48.1 Å². The second-order valence-electron chi connectivity index (χ2n) is 7.98. The molecule has 0 saturated carbocycles. The van der Waals surface area contributed by atoms with Crippen molar-refractivity contribution in [3.05, 3.63) is 83.8 Å². The highest BCUT2D eigenvalue weighted by Crippen LogP contribution is 2.44. The number of furan rings is 1. The molecule has 154 valence electrons.